The summed E-state index contributed by atoms with van der Waals surface area (Å²) in [5, 5.41) is 2.97. The summed E-state index contributed by atoms with van der Waals surface area (Å²) in [7, 11) is -1.00. The molecule has 0 aliphatic rings. The van der Waals surface area contributed by atoms with Crippen LogP contribution in [0, 0.1) is 5.82 Å². The Kier molecular flexibility index (Phi) is 6.57. The molecule has 0 unspecified atom stereocenters. The van der Waals surface area contributed by atoms with Gasteiger partial charge in [-0.3, -0.25) is 4.79 Å². The van der Waals surface area contributed by atoms with E-state index < -0.39 is 21.7 Å². The zero-order valence-electron chi connectivity index (χ0n) is 14.2. The van der Waals surface area contributed by atoms with Crippen LogP contribution in [0.1, 0.15) is 5.56 Å². The summed E-state index contributed by atoms with van der Waals surface area (Å²) in [6.07, 6.45) is 0. The molecule has 0 aliphatic carbocycles. The third-order valence-corrected chi connectivity index (χ3v) is 5.55. The van der Waals surface area contributed by atoms with Gasteiger partial charge in [0.1, 0.15) is 11.6 Å². The van der Waals surface area contributed by atoms with Crippen LogP contribution in [0.3, 0.4) is 0 Å². The van der Waals surface area contributed by atoms with E-state index in [0.717, 1.165) is 4.31 Å². The van der Waals surface area contributed by atoms with Crippen LogP contribution in [0.25, 0.3) is 0 Å². The first-order chi connectivity index (χ1) is 12.2. The van der Waals surface area contributed by atoms with Crippen molar-refractivity contribution in [2.24, 2.45) is 0 Å². The summed E-state index contributed by atoms with van der Waals surface area (Å²) in [6.45, 7) is -0.390. The molecule has 0 spiro atoms. The van der Waals surface area contributed by atoms with Gasteiger partial charge in [-0.25, -0.2) is 12.8 Å². The minimum Gasteiger partial charge on any atom is -0.495 e. The van der Waals surface area contributed by atoms with Crippen molar-refractivity contribution in [3.05, 3.63) is 58.9 Å². The number of carbonyl (C=O) groups is 1. The number of sulfonamides is 1. The van der Waals surface area contributed by atoms with Crippen LogP contribution in [-0.2, 0) is 20.6 Å². The molecule has 0 saturated carbocycles. The molecule has 2 aromatic carbocycles. The lowest BCUT2D eigenvalue weighted by atomic mass is 10.2. The van der Waals surface area contributed by atoms with Gasteiger partial charge < -0.3 is 10.1 Å². The summed E-state index contributed by atoms with van der Waals surface area (Å²) in [5.41, 5.74) is 0.768. The van der Waals surface area contributed by atoms with E-state index in [0.29, 0.717) is 22.0 Å². The van der Waals surface area contributed by atoms with E-state index in [2.05, 4.69) is 5.32 Å². The van der Waals surface area contributed by atoms with Gasteiger partial charge in [-0.2, -0.15) is 4.31 Å². The fourth-order valence-electron chi connectivity index (χ4n) is 2.17. The predicted octanol–water partition coefficient (Wildman–Crippen LogP) is 2.89. The summed E-state index contributed by atoms with van der Waals surface area (Å²) < 4.78 is 43.7. The van der Waals surface area contributed by atoms with E-state index in [4.69, 9.17) is 16.3 Å². The summed E-state index contributed by atoms with van der Waals surface area (Å²) in [5.74, 6) is -0.929. The molecule has 9 heteroatoms. The Bertz CT molecular complexity index is 888. The van der Waals surface area contributed by atoms with E-state index in [1.165, 1.54) is 44.5 Å². The van der Waals surface area contributed by atoms with E-state index in [1.54, 1.807) is 12.1 Å². The van der Waals surface area contributed by atoms with Crippen molar-refractivity contribution in [2.45, 2.75) is 5.75 Å². The van der Waals surface area contributed by atoms with Crippen molar-refractivity contribution in [2.75, 3.05) is 26.0 Å². The van der Waals surface area contributed by atoms with E-state index in [-0.39, 0.29) is 12.3 Å². The highest BCUT2D eigenvalue weighted by molar-refractivity contribution is 7.88. The third-order valence-electron chi connectivity index (χ3n) is 3.54. The summed E-state index contributed by atoms with van der Waals surface area (Å²) >= 11 is 5.90. The zero-order valence-corrected chi connectivity index (χ0v) is 15.8. The second kappa shape index (κ2) is 8.48. The van der Waals surface area contributed by atoms with Crippen molar-refractivity contribution in [3.63, 3.8) is 0 Å². The van der Waals surface area contributed by atoms with Gasteiger partial charge in [-0.15, -0.1) is 0 Å². The zero-order chi connectivity index (χ0) is 19.3. The highest BCUT2D eigenvalue weighted by atomic mass is 35.5. The smallest absolute Gasteiger partial charge is 0.239 e. The Morgan fingerprint density at radius 3 is 2.50 bits per heavy atom. The Labute approximate surface area is 156 Å². The Morgan fingerprint density at radius 1 is 1.23 bits per heavy atom. The average molecular weight is 401 g/mol. The molecule has 0 aliphatic heterocycles. The van der Waals surface area contributed by atoms with Crippen LogP contribution in [0.4, 0.5) is 10.1 Å². The van der Waals surface area contributed by atoms with E-state index in [9.17, 15) is 17.6 Å². The number of benzene rings is 2. The molecule has 0 saturated heterocycles. The molecule has 1 N–H and O–H groups in total. The molecule has 0 aromatic heterocycles. The Balaban J connectivity index is 2.03. The van der Waals surface area contributed by atoms with Gasteiger partial charge in [0.05, 0.1) is 25.1 Å². The maximum absolute atomic E-state index is 12.9. The van der Waals surface area contributed by atoms with Crippen LogP contribution in [0.2, 0.25) is 5.02 Å². The number of hydrogen-bond acceptors (Lipinski definition) is 4. The van der Waals surface area contributed by atoms with Crippen molar-refractivity contribution in [1.82, 2.24) is 4.31 Å². The number of rotatable bonds is 7. The number of halogens is 2. The predicted molar refractivity (Wildman–Crippen MR) is 98.3 cm³/mol. The molecule has 26 heavy (non-hydrogen) atoms. The van der Waals surface area contributed by atoms with Crippen molar-refractivity contribution < 1.29 is 22.3 Å². The minimum atomic E-state index is -3.74. The number of ether oxygens (including phenoxy) is 1. The topological polar surface area (TPSA) is 75.7 Å². The van der Waals surface area contributed by atoms with Crippen LogP contribution >= 0.6 is 11.6 Å². The summed E-state index contributed by atoms with van der Waals surface area (Å²) in [4.78, 5) is 12.2. The fraction of sp³-hybridized carbons (Fsp3) is 0.235. The molecule has 6 nitrogen and oxygen atoms in total. The standard InChI is InChI=1S/C17H18ClFN2O4S/c1-21(26(23,24)11-12-3-6-14(19)7-4-12)10-17(22)20-15-9-13(18)5-8-16(15)25-2/h3-9H,10-11H2,1-2H3,(H,20,22). The van der Waals surface area contributed by atoms with Gasteiger partial charge in [0, 0.05) is 12.1 Å². The van der Waals surface area contributed by atoms with Gasteiger partial charge in [0.2, 0.25) is 15.9 Å². The molecule has 1 amide bonds. The second-order valence-electron chi connectivity index (χ2n) is 5.53. The van der Waals surface area contributed by atoms with E-state index >= 15 is 0 Å². The van der Waals surface area contributed by atoms with E-state index in [1.807, 2.05) is 0 Å². The van der Waals surface area contributed by atoms with Gasteiger partial charge in [-0.05, 0) is 35.9 Å². The number of hydrogen-bond donors (Lipinski definition) is 1. The van der Waals surface area contributed by atoms with Crippen LogP contribution in [-0.4, -0.2) is 39.3 Å². The molecular formula is C17H18ClFN2O4S. The van der Waals surface area contributed by atoms with Crippen molar-refractivity contribution >= 4 is 33.2 Å². The average Bonchev–Trinajstić information content (AvgIpc) is 2.57. The first-order valence-electron chi connectivity index (χ1n) is 7.53. The maximum Gasteiger partial charge on any atom is 0.239 e. The lowest BCUT2D eigenvalue weighted by Gasteiger charge is -2.17. The van der Waals surface area contributed by atoms with Crippen LogP contribution in [0.15, 0.2) is 42.5 Å². The number of likely N-dealkylation sites (N-methyl/N-ethyl adjacent to an activating group) is 1. The van der Waals surface area contributed by atoms with Gasteiger partial charge in [0.15, 0.2) is 0 Å². The van der Waals surface area contributed by atoms with Crippen molar-refractivity contribution in [3.8, 4) is 5.75 Å². The van der Waals surface area contributed by atoms with Crippen LogP contribution < -0.4 is 10.1 Å². The van der Waals surface area contributed by atoms with Gasteiger partial charge in [0.25, 0.3) is 0 Å². The molecule has 0 atom stereocenters. The molecule has 140 valence electrons. The number of carbonyl (C=O) groups excluding carboxylic acids is 1. The SMILES string of the molecule is COc1ccc(Cl)cc1NC(=O)CN(C)S(=O)(=O)Cc1ccc(F)cc1. The second-order valence-corrected chi connectivity index (χ2v) is 8.04. The largest absolute Gasteiger partial charge is 0.495 e. The number of amides is 1. The normalized spacial score (nSPS) is 11.4. The highest BCUT2D eigenvalue weighted by Gasteiger charge is 2.21. The monoisotopic (exact) mass is 400 g/mol. The first-order valence-corrected chi connectivity index (χ1v) is 9.52. The first kappa shape index (κ1) is 20.2. The lowest BCUT2D eigenvalue weighted by molar-refractivity contribution is -0.116. The fourth-order valence-corrected chi connectivity index (χ4v) is 3.49. The van der Waals surface area contributed by atoms with Gasteiger partial charge >= 0.3 is 0 Å². The third kappa shape index (κ3) is 5.42. The Morgan fingerprint density at radius 2 is 1.88 bits per heavy atom. The quantitative estimate of drug-likeness (QED) is 0.775. The van der Waals surface area contributed by atoms with Crippen LogP contribution in [0.5, 0.6) is 5.75 Å². The molecule has 2 aromatic rings. The number of nitrogens with zero attached hydrogens (tertiary/aromatic N) is 1. The lowest BCUT2D eigenvalue weighted by Crippen LogP contribution is -2.35. The van der Waals surface area contributed by atoms with Gasteiger partial charge in [-0.1, -0.05) is 23.7 Å². The number of methoxy groups -OCH3 is 1. The molecule has 0 heterocycles. The maximum atomic E-state index is 12.9. The molecule has 0 bridgehead atoms. The van der Waals surface area contributed by atoms with Crippen molar-refractivity contribution in [1.29, 1.82) is 0 Å². The molecule has 0 radical (unpaired) electrons. The summed E-state index contributed by atoms with van der Waals surface area (Å²) in [6, 6.07) is 9.84. The molecular weight excluding hydrogens is 383 g/mol. The minimum absolute atomic E-state index is 0.336. The number of anilines is 1. The molecule has 0 fully saturated rings. The number of nitrogens with one attached hydrogen (secondary N) is 1. The molecule has 2 rings (SSSR count). The highest BCUT2D eigenvalue weighted by Crippen LogP contribution is 2.27. The Hall–Kier alpha value is -2.16.